The first-order valence-corrected chi connectivity index (χ1v) is 9.18. The van der Waals surface area contributed by atoms with E-state index in [0.29, 0.717) is 19.3 Å². The maximum absolute atomic E-state index is 13.1. The molecule has 0 radical (unpaired) electrons. The van der Waals surface area contributed by atoms with Crippen LogP contribution in [0.3, 0.4) is 0 Å². The average Bonchev–Trinajstić information content (AvgIpc) is 3.35. The van der Waals surface area contributed by atoms with E-state index in [0.717, 1.165) is 22.5 Å². The van der Waals surface area contributed by atoms with Gasteiger partial charge in [-0.15, -0.1) is 0 Å². The van der Waals surface area contributed by atoms with Gasteiger partial charge in [0.2, 0.25) is 0 Å². The number of rotatable bonds is 6. The molecule has 0 bridgehead atoms. The maximum atomic E-state index is 13.1. The van der Waals surface area contributed by atoms with Crippen LogP contribution < -0.4 is 5.73 Å². The normalized spacial score (nSPS) is 28.4. The van der Waals surface area contributed by atoms with Gasteiger partial charge in [0.05, 0.1) is 0 Å². The summed E-state index contributed by atoms with van der Waals surface area (Å²) in [5.74, 6) is -1.61. The highest BCUT2D eigenvalue weighted by Gasteiger charge is 2.52. The van der Waals surface area contributed by atoms with Gasteiger partial charge in [0, 0.05) is 24.5 Å². The van der Waals surface area contributed by atoms with Crippen LogP contribution in [0.25, 0.3) is 6.08 Å². The third-order valence-electron chi connectivity index (χ3n) is 5.42. The number of halogens is 3. The van der Waals surface area contributed by atoms with Gasteiger partial charge in [0.25, 0.3) is 0 Å². The Kier molecular flexibility index (Phi) is 5.42. The average molecular weight is 366 g/mol. The van der Waals surface area contributed by atoms with Gasteiger partial charge < -0.3 is 10.6 Å². The van der Waals surface area contributed by atoms with Gasteiger partial charge in [-0.25, -0.2) is 0 Å². The Morgan fingerprint density at radius 3 is 2.42 bits per heavy atom. The fourth-order valence-electron chi connectivity index (χ4n) is 3.91. The number of alkyl halides is 3. The Balaban J connectivity index is 1.73. The Labute approximate surface area is 152 Å². The van der Waals surface area contributed by atoms with Crippen molar-refractivity contribution in [3.8, 4) is 0 Å². The van der Waals surface area contributed by atoms with Crippen molar-refractivity contribution in [3.05, 3.63) is 41.5 Å². The number of hydrogen-bond donors (Lipinski definition) is 1. The number of carbonyl (C=O) groups is 1. The summed E-state index contributed by atoms with van der Waals surface area (Å²) in [6, 6.07) is 9.45. The summed E-state index contributed by atoms with van der Waals surface area (Å²) in [6.45, 7) is 2.17. The number of hydrogen-bond acceptors (Lipinski definition) is 2. The molecular weight excluding hydrogens is 341 g/mol. The molecule has 2 unspecified atom stereocenters. The lowest BCUT2D eigenvalue weighted by atomic mass is 9.80. The molecule has 142 valence electrons. The molecule has 1 amide bonds. The van der Waals surface area contributed by atoms with Gasteiger partial charge in [0.15, 0.2) is 0 Å². The lowest BCUT2D eigenvalue weighted by molar-refractivity contribution is -0.187. The predicted molar refractivity (Wildman–Crippen MR) is 95.1 cm³/mol. The quantitative estimate of drug-likeness (QED) is 0.827. The van der Waals surface area contributed by atoms with E-state index in [4.69, 9.17) is 5.73 Å². The standard InChI is InChI=1S/C20H25F3N2O/c1-2-15(8-13-6-4-3-5-7-13)17-11-18(17)25(19(26)20(21,22)23)12-14-9-16(24)10-14/h3-8,14,16-18H,2,9-12,24H2,1H3/b15-8+/t14-,16-,17?,18?. The fourth-order valence-corrected chi connectivity index (χ4v) is 3.91. The third-order valence-corrected chi connectivity index (χ3v) is 5.42. The minimum absolute atomic E-state index is 0.0141. The molecule has 2 atom stereocenters. The second-order valence-electron chi connectivity index (χ2n) is 7.45. The van der Waals surface area contributed by atoms with Crippen molar-refractivity contribution in [1.82, 2.24) is 4.90 Å². The summed E-state index contributed by atoms with van der Waals surface area (Å²) >= 11 is 0. The van der Waals surface area contributed by atoms with Crippen molar-refractivity contribution in [2.45, 2.75) is 50.9 Å². The zero-order valence-corrected chi connectivity index (χ0v) is 14.9. The molecule has 2 fully saturated rings. The van der Waals surface area contributed by atoms with Crippen LogP contribution in [-0.4, -0.2) is 35.6 Å². The van der Waals surface area contributed by atoms with Crippen LogP contribution in [0, 0.1) is 11.8 Å². The Hall–Kier alpha value is -1.82. The molecule has 2 saturated carbocycles. The molecule has 3 rings (SSSR count). The van der Waals surface area contributed by atoms with E-state index in [1.165, 1.54) is 0 Å². The van der Waals surface area contributed by atoms with Crippen LogP contribution in [0.1, 0.15) is 38.2 Å². The lowest BCUT2D eigenvalue weighted by Gasteiger charge is -2.37. The minimum Gasteiger partial charge on any atom is -0.331 e. The highest BCUT2D eigenvalue weighted by atomic mass is 19.4. The first kappa shape index (κ1) is 19.0. The fraction of sp³-hybridized carbons (Fsp3) is 0.550. The molecule has 2 aliphatic carbocycles. The number of benzene rings is 1. The summed E-state index contributed by atoms with van der Waals surface area (Å²) in [5.41, 5.74) is 7.89. The van der Waals surface area contributed by atoms with E-state index in [2.05, 4.69) is 0 Å². The van der Waals surface area contributed by atoms with Gasteiger partial charge in [-0.2, -0.15) is 13.2 Å². The van der Waals surface area contributed by atoms with Crippen molar-refractivity contribution in [1.29, 1.82) is 0 Å². The third kappa shape index (κ3) is 4.29. The van der Waals surface area contributed by atoms with Gasteiger partial charge in [-0.1, -0.05) is 48.9 Å². The van der Waals surface area contributed by atoms with Crippen LogP contribution >= 0.6 is 0 Å². The number of carbonyl (C=O) groups excluding carboxylic acids is 1. The van der Waals surface area contributed by atoms with Gasteiger partial charge in [0.1, 0.15) is 0 Å². The topological polar surface area (TPSA) is 46.3 Å². The summed E-state index contributed by atoms with van der Waals surface area (Å²) in [6.07, 6.45) is -0.0285. The first-order chi connectivity index (χ1) is 12.3. The largest absolute Gasteiger partial charge is 0.471 e. The molecule has 26 heavy (non-hydrogen) atoms. The van der Waals surface area contributed by atoms with Crippen molar-refractivity contribution in [3.63, 3.8) is 0 Å². The zero-order chi connectivity index (χ0) is 18.9. The molecular formula is C20H25F3N2O. The number of nitrogens with zero attached hydrogens (tertiary/aromatic N) is 1. The second-order valence-corrected chi connectivity index (χ2v) is 7.45. The highest BCUT2D eigenvalue weighted by molar-refractivity contribution is 5.82. The minimum atomic E-state index is -4.82. The van der Waals surface area contributed by atoms with Crippen LogP contribution in [0.2, 0.25) is 0 Å². The monoisotopic (exact) mass is 366 g/mol. The molecule has 6 heteroatoms. The van der Waals surface area contributed by atoms with E-state index in [1.807, 2.05) is 43.3 Å². The molecule has 2 N–H and O–H groups in total. The molecule has 0 spiro atoms. The summed E-state index contributed by atoms with van der Waals surface area (Å²) in [4.78, 5) is 13.0. The zero-order valence-electron chi connectivity index (χ0n) is 14.9. The molecule has 0 heterocycles. The van der Waals surface area contributed by atoms with E-state index in [9.17, 15) is 18.0 Å². The van der Waals surface area contributed by atoms with Crippen LogP contribution in [0.5, 0.6) is 0 Å². The maximum Gasteiger partial charge on any atom is 0.471 e. The molecule has 0 saturated heterocycles. The molecule has 0 aromatic heterocycles. The summed E-state index contributed by atoms with van der Waals surface area (Å²) in [5, 5.41) is 0. The van der Waals surface area contributed by atoms with E-state index in [-0.39, 0.29) is 30.5 Å². The Morgan fingerprint density at radius 2 is 1.88 bits per heavy atom. The SMILES string of the molecule is CC/C(=C\c1ccccc1)C1CC1N(C[C@H]1C[C@H](N)C1)C(=O)C(F)(F)F. The van der Waals surface area contributed by atoms with Gasteiger partial charge in [-0.3, -0.25) is 4.79 Å². The van der Waals surface area contributed by atoms with E-state index < -0.39 is 12.1 Å². The molecule has 0 aliphatic heterocycles. The molecule has 3 nitrogen and oxygen atoms in total. The van der Waals surface area contributed by atoms with Gasteiger partial charge in [-0.05, 0) is 37.2 Å². The Morgan fingerprint density at radius 1 is 1.23 bits per heavy atom. The van der Waals surface area contributed by atoms with E-state index >= 15 is 0 Å². The summed E-state index contributed by atoms with van der Waals surface area (Å²) in [7, 11) is 0. The van der Waals surface area contributed by atoms with Crippen molar-refractivity contribution in [2.24, 2.45) is 17.6 Å². The number of nitrogens with two attached hydrogens (primary N) is 1. The predicted octanol–water partition coefficient (Wildman–Crippen LogP) is 4.00. The first-order valence-electron chi connectivity index (χ1n) is 9.18. The van der Waals surface area contributed by atoms with Crippen LogP contribution in [0.4, 0.5) is 13.2 Å². The van der Waals surface area contributed by atoms with Gasteiger partial charge >= 0.3 is 12.1 Å². The van der Waals surface area contributed by atoms with Crippen molar-refractivity contribution >= 4 is 12.0 Å². The van der Waals surface area contributed by atoms with E-state index in [1.54, 1.807) is 0 Å². The Bertz CT molecular complexity index is 665. The van der Waals surface area contributed by atoms with Crippen molar-refractivity contribution in [2.75, 3.05) is 6.54 Å². The molecule has 2 aliphatic rings. The second kappa shape index (κ2) is 7.43. The van der Waals surface area contributed by atoms with Crippen LogP contribution in [0.15, 0.2) is 35.9 Å². The van der Waals surface area contributed by atoms with Crippen LogP contribution in [-0.2, 0) is 4.79 Å². The molecule has 1 aromatic carbocycles. The molecule has 1 aromatic rings. The lowest BCUT2D eigenvalue weighted by Crippen LogP contribution is -2.49. The smallest absolute Gasteiger partial charge is 0.331 e. The number of amides is 1. The van der Waals surface area contributed by atoms with Crippen molar-refractivity contribution < 1.29 is 18.0 Å². The summed E-state index contributed by atoms with van der Waals surface area (Å²) < 4.78 is 39.2. The highest BCUT2D eigenvalue weighted by Crippen LogP contribution is 2.45.